The molecule has 1 saturated heterocycles. The molecule has 4 rings (SSSR count). The molecule has 5 nitrogen and oxygen atoms in total. The lowest BCUT2D eigenvalue weighted by Gasteiger charge is -2.24. The van der Waals surface area contributed by atoms with Crippen molar-refractivity contribution < 1.29 is 13.2 Å². The van der Waals surface area contributed by atoms with Crippen LogP contribution in [0.2, 0.25) is 0 Å². The average Bonchev–Trinajstić information content (AvgIpc) is 3.12. The fourth-order valence-corrected chi connectivity index (χ4v) is 5.29. The highest BCUT2D eigenvalue weighted by Crippen LogP contribution is 2.34. The molecule has 0 unspecified atom stereocenters. The first-order valence-electron chi connectivity index (χ1n) is 8.49. The zero-order valence-corrected chi connectivity index (χ0v) is 14.9. The highest BCUT2D eigenvalue weighted by Gasteiger charge is 2.32. The van der Waals surface area contributed by atoms with E-state index in [0.717, 1.165) is 12.1 Å². The number of para-hydroxylation sites is 1. The van der Waals surface area contributed by atoms with E-state index in [9.17, 15) is 13.2 Å². The van der Waals surface area contributed by atoms with Crippen LogP contribution in [0.5, 0.6) is 0 Å². The van der Waals surface area contributed by atoms with Gasteiger partial charge in [0.1, 0.15) is 0 Å². The van der Waals surface area contributed by atoms with Crippen LogP contribution in [0.3, 0.4) is 0 Å². The van der Waals surface area contributed by atoms with Gasteiger partial charge in [0.25, 0.3) is 5.91 Å². The summed E-state index contributed by atoms with van der Waals surface area (Å²) in [6.45, 7) is 2.51. The first kappa shape index (κ1) is 16.1. The lowest BCUT2D eigenvalue weighted by atomic mass is 10.1. The van der Waals surface area contributed by atoms with Crippen LogP contribution < -0.4 is 9.21 Å². The van der Waals surface area contributed by atoms with Gasteiger partial charge in [0.2, 0.25) is 10.0 Å². The molecular weight excluding hydrogens is 336 g/mol. The molecule has 1 amide bonds. The summed E-state index contributed by atoms with van der Waals surface area (Å²) in [7, 11) is -3.25. The van der Waals surface area contributed by atoms with Crippen molar-refractivity contribution in [1.82, 2.24) is 0 Å². The van der Waals surface area contributed by atoms with Crippen molar-refractivity contribution in [3.8, 4) is 0 Å². The first-order valence-corrected chi connectivity index (χ1v) is 10.1. The van der Waals surface area contributed by atoms with Crippen LogP contribution in [0.4, 0.5) is 11.4 Å². The predicted molar refractivity (Wildman–Crippen MR) is 98.6 cm³/mol. The predicted octanol–water partition coefficient (Wildman–Crippen LogP) is 2.82. The summed E-state index contributed by atoms with van der Waals surface area (Å²) >= 11 is 0. The minimum absolute atomic E-state index is 0.0871. The largest absolute Gasteiger partial charge is 0.305 e. The molecule has 2 heterocycles. The Kier molecular flexibility index (Phi) is 3.80. The van der Waals surface area contributed by atoms with E-state index >= 15 is 0 Å². The Morgan fingerprint density at radius 3 is 2.68 bits per heavy atom. The van der Waals surface area contributed by atoms with E-state index in [4.69, 9.17) is 0 Å². The average molecular weight is 356 g/mol. The van der Waals surface area contributed by atoms with Crippen LogP contribution in [0.1, 0.15) is 29.3 Å². The third-order valence-electron chi connectivity index (χ3n) is 4.91. The Balaban J connectivity index is 1.69. The molecule has 25 heavy (non-hydrogen) atoms. The standard InChI is InChI=1S/C19H20N2O3S/c1-14-12-15-6-2-3-9-18(15)21(14)19(22)16-7-4-8-17(13-16)20-10-5-11-25(20,23)24/h2-4,6-9,13-14H,5,10-12H2,1H3/t14-/m1/s1. The minimum atomic E-state index is -3.25. The zero-order valence-electron chi connectivity index (χ0n) is 14.1. The summed E-state index contributed by atoms with van der Waals surface area (Å²) in [6, 6.07) is 15.0. The Bertz CT molecular complexity index is 939. The maximum atomic E-state index is 13.1. The normalized spacial score (nSPS) is 21.4. The summed E-state index contributed by atoms with van der Waals surface area (Å²) in [5.74, 6) is 0.0812. The molecule has 6 heteroatoms. The molecule has 0 spiro atoms. The van der Waals surface area contributed by atoms with E-state index in [1.54, 1.807) is 24.3 Å². The molecule has 2 aromatic carbocycles. The molecule has 1 fully saturated rings. The fourth-order valence-electron chi connectivity index (χ4n) is 3.74. The minimum Gasteiger partial charge on any atom is -0.305 e. The molecule has 2 aromatic rings. The van der Waals surface area contributed by atoms with Crippen LogP contribution in [0, 0.1) is 0 Å². The Morgan fingerprint density at radius 1 is 1.12 bits per heavy atom. The third kappa shape index (κ3) is 2.70. The summed E-state index contributed by atoms with van der Waals surface area (Å²) < 4.78 is 25.7. The summed E-state index contributed by atoms with van der Waals surface area (Å²) in [6.07, 6.45) is 1.46. The molecule has 1 atom stereocenters. The van der Waals surface area contributed by atoms with Gasteiger partial charge in [-0.25, -0.2) is 8.42 Å². The van der Waals surface area contributed by atoms with Gasteiger partial charge in [-0.05, 0) is 49.6 Å². The molecule has 0 bridgehead atoms. The number of anilines is 2. The van der Waals surface area contributed by atoms with E-state index in [2.05, 4.69) is 0 Å². The van der Waals surface area contributed by atoms with Crippen molar-refractivity contribution >= 4 is 27.3 Å². The Hall–Kier alpha value is -2.34. The second-order valence-electron chi connectivity index (χ2n) is 6.65. The number of benzene rings is 2. The molecule has 0 radical (unpaired) electrons. The van der Waals surface area contributed by atoms with Gasteiger partial charge >= 0.3 is 0 Å². The lowest BCUT2D eigenvalue weighted by molar-refractivity contribution is 0.0981. The van der Waals surface area contributed by atoms with E-state index in [-0.39, 0.29) is 17.7 Å². The van der Waals surface area contributed by atoms with Crippen molar-refractivity contribution in [3.05, 3.63) is 59.7 Å². The molecule has 0 aliphatic carbocycles. The summed E-state index contributed by atoms with van der Waals surface area (Å²) in [5.41, 5.74) is 3.20. The highest BCUT2D eigenvalue weighted by molar-refractivity contribution is 7.93. The summed E-state index contributed by atoms with van der Waals surface area (Å²) in [5, 5.41) is 0. The molecule has 130 valence electrons. The second kappa shape index (κ2) is 5.88. The first-order chi connectivity index (χ1) is 12.0. The SMILES string of the molecule is C[C@@H]1Cc2ccccc2N1C(=O)c1cccc(N2CCCS2(=O)=O)c1. The smallest absolute Gasteiger partial charge is 0.258 e. The van der Waals surface area contributed by atoms with Crippen molar-refractivity contribution in [2.75, 3.05) is 21.5 Å². The number of hydrogen-bond acceptors (Lipinski definition) is 3. The molecule has 2 aliphatic heterocycles. The molecule has 0 aromatic heterocycles. The van der Waals surface area contributed by atoms with Crippen molar-refractivity contribution in [2.45, 2.75) is 25.8 Å². The van der Waals surface area contributed by atoms with Crippen LogP contribution in [-0.2, 0) is 16.4 Å². The van der Waals surface area contributed by atoms with Crippen LogP contribution in [-0.4, -0.2) is 32.7 Å². The fraction of sp³-hybridized carbons (Fsp3) is 0.316. The van der Waals surface area contributed by atoms with Crippen LogP contribution in [0.25, 0.3) is 0 Å². The van der Waals surface area contributed by atoms with Gasteiger partial charge in [0, 0.05) is 23.8 Å². The number of rotatable bonds is 2. The number of amides is 1. The molecular formula is C19H20N2O3S. The number of carbonyl (C=O) groups excluding carboxylic acids is 1. The van der Waals surface area contributed by atoms with Gasteiger partial charge in [-0.15, -0.1) is 0 Å². The molecule has 0 saturated carbocycles. The van der Waals surface area contributed by atoms with Gasteiger partial charge in [-0.1, -0.05) is 24.3 Å². The van der Waals surface area contributed by atoms with E-state index < -0.39 is 10.0 Å². The zero-order chi connectivity index (χ0) is 17.6. The molecule has 2 aliphatic rings. The van der Waals surface area contributed by atoms with Crippen molar-refractivity contribution in [3.63, 3.8) is 0 Å². The third-order valence-corrected chi connectivity index (χ3v) is 6.78. The maximum absolute atomic E-state index is 13.1. The van der Waals surface area contributed by atoms with Gasteiger partial charge in [0.15, 0.2) is 0 Å². The number of nitrogens with zero attached hydrogens (tertiary/aromatic N) is 2. The van der Waals surface area contributed by atoms with Gasteiger partial charge in [-0.3, -0.25) is 9.10 Å². The Labute approximate surface area is 147 Å². The van der Waals surface area contributed by atoms with Gasteiger partial charge in [0.05, 0.1) is 11.4 Å². The van der Waals surface area contributed by atoms with E-state index in [1.165, 1.54) is 9.87 Å². The second-order valence-corrected chi connectivity index (χ2v) is 8.66. The number of fused-ring (bicyclic) bond motifs is 1. The van der Waals surface area contributed by atoms with Gasteiger partial charge < -0.3 is 4.90 Å². The van der Waals surface area contributed by atoms with Crippen LogP contribution >= 0.6 is 0 Å². The van der Waals surface area contributed by atoms with Crippen molar-refractivity contribution in [2.24, 2.45) is 0 Å². The summed E-state index contributed by atoms with van der Waals surface area (Å²) in [4.78, 5) is 14.9. The lowest BCUT2D eigenvalue weighted by Crippen LogP contribution is -2.36. The van der Waals surface area contributed by atoms with Crippen LogP contribution in [0.15, 0.2) is 48.5 Å². The molecule has 0 N–H and O–H groups in total. The quantitative estimate of drug-likeness (QED) is 0.831. The van der Waals surface area contributed by atoms with Crippen molar-refractivity contribution in [1.29, 1.82) is 0 Å². The van der Waals surface area contributed by atoms with E-state index in [0.29, 0.717) is 24.2 Å². The van der Waals surface area contributed by atoms with E-state index in [1.807, 2.05) is 36.1 Å². The Morgan fingerprint density at radius 2 is 1.92 bits per heavy atom. The highest BCUT2D eigenvalue weighted by atomic mass is 32.2. The monoisotopic (exact) mass is 356 g/mol. The van der Waals surface area contributed by atoms with Gasteiger partial charge in [-0.2, -0.15) is 0 Å². The topological polar surface area (TPSA) is 57.7 Å². The number of carbonyl (C=O) groups is 1. The number of hydrogen-bond donors (Lipinski definition) is 0. The maximum Gasteiger partial charge on any atom is 0.258 e. The number of sulfonamides is 1.